The van der Waals surface area contributed by atoms with Gasteiger partial charge in [-0.05, 0) is 30.2 Å². The zero-order valence-corrected chi connectivity index (χ0v) is 14.6. The molecule has 2 nitrogen and oxygen atoms in total. The number of hydrogen-bond acceptors (Lipinski definition) is 2. The van der Waals surface area contributed by atoms with E-state index in [9.17, 15) is 0 Å². The fourth-order valence-electron chi connectivity index (χ4n) is 2.75. The molecule has 0 saturated carbocycles. The van der Waals surface area contributed by atoms with Crippen molar-refractivity contribution in [3.63, 3.8) is 0 Å². The molecule has 126 valence electrons. The molecule has 4 rings (SSSR count). The van der Waals surface area contributed by atoms with E-state index in [4.69, 9.17) is 4.42 Å². The Balaban J connectivity index is 1.52. The van der Waals surface area contributed by atoms with Crippen LogP contribution in [-0.2, 0) is 0 Å². The Morgan fingerprint density at radius 2 is 1.31 bits per heavy atom. The number of nitrogens with zero attached hydrogens (tertiary/aromatic N) is 1. The highest BCUT2D eigenvalue weighted by Gasteiger charge is 2.08. The van der Waals surface area contributed by atoms with E-state index in [1.165, 1.54) is 11.1 Å². The Kier molecular flexibility index (Phi) is 4.48. The van der Waals surface area contributed by atoms with Crippen LogP contribution in [0.2, 0.25) is 0 Å². The summed E-state index contributed by atoms with van der Waals surface area (Å²) in [7, 11) is 0. The molecule has 4 aromatic rings. The van der Waals surface area contributed by atoms with Crippen molar-refractivity contribution in [1.82, 2.24) is 4.98 Å². The normalized spacial score (nSPS) is 11.1. The highest BCUT2D eigenvalue weighted by atomic mass is 16.4. The van der Waals surface area contributed by atoms with Crippen LogP contribution in [0.4, 0.5) is 0 Å². The van der Waals surface area contributed by atoms with Gasteiger partial charge in [0.25, 0.3) is 0 Å². The third kappa shape index (κ3) is 3.65. The molecular formula is C24H19NO. The highest BCUT2D eigenvalue weighted by Crippen LogP contribution is 2.26. The van der Waals surface area contributed by atoms with E-state index in [-0.39, 0.29) is 0 Å². The van der Waals surface area contributed by atoms with Crippen LogP contribution in [0.15, 0.2) is 89.5 Å². The van der Waals surface area contributed by atoms with E-state index in [1.54, 1.807) is 6.20 Å². The molecule has 0 aliphatic heterocycles. The standard InChI is InChI=1S/C24H19NO/c1-18-7-13-21(14-8-18)23-17-25-24(26-23)22-15-11-20(12-16-22)10-9-19-5-3-2-4-6-19/h2-17H,1H3. The van der Waals surface area contributed by atoms with Crippen LogP contribution in [0.1, 0.15) is 16.7 Å². The molecule has 3 aromatic carbocycles. The predicted molar refractivity (Wildman–Crippen MR) is 107 cm³/mol. The molecule has 0 amide bonds. The lowest BCUT2D eigenvalue weighted by molar-refractivity contribution is 0.589. The van der Waals surface area contributed by atoms with Gasteiger partial charge in [0.2, 0.25) is 5.89 Å². The van der Waals surface area contributed by atoms with Gasteiger partial charge in [0.05, 0.1) is 6.20 Å². The molecule has 0 N–H and O–H groups in total. The van der Waals surface area contributed by atoms with Crippen molar-refractivity contribution in [2.45, 2.75) is 6.92 Å². The number of aryl methyl sites for hydroxylation is 1. The summed E-state index contributed by atoms with van der Waals surface area (Å²) in [6.07, 6.45) is 5.99. The molecule has 0 fully saturated rings. The van der Waals surface area contributed by atoms with Gasteiger partial charge < -0.3 is 4.42 Å². The average Bonchev–Trinajstić information content (AvgIpc) is 3.18. The highest BCUT2D eigenvalue weighted by molar-refractivity contribution is 5.71. The lowest BCUT2D eigenvalue weighted by Crippen LogP contribution is -1.78. The van der Waals surface area contributed by atoms with Gasteiger partial charge in [0.1, 0.15) is 0 Å². The Morgan fingerprint density at radius 1 is 0.692 bits per heavy atom. The summed E-state index contributed by atoms with van der Waals surface area (Å²) in [5, 5.41) is 0. The number of aromatic nitrogens is 1. The smallest absolute Gasteiger partial charge is 0.226 e. The minimum atomic E-state index is 0.638. The Hall–Kier alpha value is -3.39. The lowest BCUT2D eigenvalue weighted by Gasteiger charge is -1.99. The van der Waals surface area contributed by atoms with Crippen molar-refractivity contribution in [2.75, 3.05) is 0 Å². The largest absolute Gasteiger partial charge is 0.436 e. The maximum Gasteiger partial charge on any atom is 0.226 e. The van der Waals surface area contributed by atoms with Gasteiger partial charge in [0.15, 0.2) is 5.76 Å². The van der Waals surface area contributed by atoms with Gasteiger partial charge in [-0.1, -0.05) is 84.4 Å². The number of rotatable bonds is 4. The van der Waals surface area contributed by atoms with Crippen molar-refractivity contribution < 1.29 is 4.42 Å². The van der Waals surface area contributed by atoms with E-state index < -0.39 is 0 Å². The summed E-state index contributed by atoms with van der Waals surface area (Å²) in [6.45, 7) is 2.07. The Morgan fingerprint density at radius 3 is 2.00 bits per heavy atom. The molecule has 2 heteroatoms. The molecule has 1 aromatic heterocycles. The molecule has 0 radical (unpaired) electrons. The second-order valence-electron chi connectivity index (χ2n) is 6.26. The summed E-state index contributed by atoms with van der Waals surface area (Å²) in [5.41, 5.74) is 5.57. The van der Waals surface area contributed by atoms with Crippen LogP contribution < -0.4 is 0 Å². The van der Waals surface area contributed by atoms with E-state index in [0.717, 1.165) is 22.5 Å². The van der Waals surface area contributed by atoms with Crippen LogP contribution in [0.25, 0.3) is 34.9 Å². The van der Waals surface area contributed by atoms with Gasteiger partial charge >= 0.3 is 0 Å². The van der Waals surface area contributed by atoms with Crippen molar-refractivity contribution >= 4 is 12.2 Å². The van der Waals surface area contributed by atoms with Crippen molar-refractivity contribution in [3.05, 3.63) is 102 Å². The topological polar surface area (TPSA) is 26.0 Å². The first-order valence-corrected chi connectivity index (χ1v) is 8.64. The van der Waals surface area contributed by atoms with Gasteiger partial charge in [0, 0.05) is 11.1 Å². The SMILES string of the molecule is Cc1ccc(-c2cnc(-c3ccc(C=Cc4ccccc4)cc3)o2)cc1. The fourth-order valence-corrected chi connectivity index (χ4v) is 2.75. The first kappa shape index (κ1) is 16.1. The molecule has 0 atom stereocenters. The first-order chi connectivity index (χ1) is 12.8. The van der Waals surface area contributed by atoms with Crippen molar-refractivity contribution in [1.29, 1.82) is 0 Å². The van der Waals surface area contributed by atoms with Crippen molar-refractivity contribution in [3.8, 4) is 22.8 Å². The summed E-state index contributed by atoms with van der Waals surface area (Å²) in [4.78, 5) is 4.42. The third-order valence-corrected chi connectivity index (χ3v) is 4.27. The number of hydrogen-bond donors (Lipinski definition) is 0. The third-order valence-electron chi connectivity index (χ3n) is 4.27. The quantitative estimate of drug-likeness (QED) is 0.398. The second kappa shape index (κ2) is 7.24. The molecule has 0 saturated heterocycles. The van der Waals surface area contributed by atoms with Gasteiger partial charge in [-0.25, -0.2) is 4.98 Å². The second-order valence-corrected chi connectivity index (χ2v) is 6.26. The molecule has 0 unspecified atom stereocenters. The Bertz CT molecular complexity index is 1010. The van der Waals surface area contributed by atoms with E-state index in [1.807, 2.05) is 30.3 Å². The molecular weight excluding hydrogens is 318 g/mol. The zero-order valence-electron chi connectivity index (χ0n) is 14.6. The minimum Gasteiger partial charge on any atom is -0.436 e. The number of benzene rings is 3. The summed E-state index contributed by atoms with van der Waals surface area (Å²) < 4.78 is 5.94. The predicted octanol–water partition coefficient (Wildman–Crippen LogP) is 6.49. The lowest BCUT2D eigenvalue weighted by atomic mass is 10.1. The number of oxazole rings is 1. The average molecular weight is 337 g/mol. The maximum absolute atomic E-state index is 5.94. The maximum atomic E-state index is 5.94. The van der Waals surface area contributed by atoms with Crippen molar-refractivity contribution in [2.24, 2.45) is 0 Å². The fraction of sp³-hybridized carbons (Fsp3) is 0.0417. The summed E-state index contributed by atoms with van der Waals surface area (Å²) in [6, 6.07) is 26.8. The first-order valence-electron chi connectivity index (χ1n) is 8.64. The molecule has 0 aliphatic carbocycles. The van der Waals surface area contributed by atoms with Gasteiger partial charge in [-0.2, -0.15) is 0 Å². The van der Waals surface area contributed by atoms with E-state index >= 15 is 0 Å². The molecule has 1 heterocycles. The van der Waals surface area contributed by atoms with Crippen LogP contribution in [-0.4, -0.2) is 4.98 Å². The van der Waals surface area contributed by atoms with Crippen LogP contribution in [0.3, 0.4) is 0 Å². The zero-order chi connectivity index (χ0) is 17.8. The molecule has 0 spiro atoms. The summed E-state index contributed by atoms with van der Waals surface area (Å²) >= 11 is 0. The van der Waals surface area contributed by atoms with Crippen LogP contribution >= 0.6 is 0 Å². The van der Waals surface area contributed by atoms with Crippen LogP contribution in [0, 0.1) is 6.92 Å². The van der Waals surface area contributed by atoms with Gasteiger partial charge in [-0.3, -0.25) is 0 Å². The Labute approximate surface area is 153 Å². The molecule has 0 aliphatic rings. The summed E-state index contributed by atoms with van der Waals surface area (Å²) in [5.74, 6) is 1.42. The van der Waals surface area contributed by atoms with Gasteiger partial charge in [-0.15, -0.1) is 0 Å². The monoisotopic (exact) mass is 337 g/mol. The minimum absolute atomic E-state index is 0.638. The molecule has 0 bridgehead atoms. The van der Waals surface area contributed by atoms with Crippen LogP contribution in [0.5, 0.6) is 0 Å². The van der Waals surface area contributed by atoms with E-state index in [2.05, 4.69) is 72.6 Å². The van der Waals surface area contributed by atoms with E-state index in [0.29, 0.717) is 5.89 Å². The molecule has 26 heavy (non-hydrogen) atoms.